The van der Waals surface area contributed by atoms with Crippen molar-refractivity contribution in [2.45, 2.75) is 51.2 Å². The van der Waals surface area contributed by atoms with E-state index in [0.29, 0.717) is 11.4 Å². The molecule has 112 valence electrons. The molecule has 21 heavy (non-hydrogen) atoms. The number of H-pyrrole nitrogens is 1. The Morgan fingerprint density at radius 1 is 1.24 bits per heavy atom. The van der Waals surface area contributed by atoms with Gasteiger partial charge in [-0.2, -0.15) is 0 Å². The van der Waals surface area contributed by atoms with Gasteiger partial charge in [-0.05, 0) is 68.2 Å². The van der Waals surface area contributed by atoms with E-state index in [2.05, 4.69) is 4.98 Å². The highest BCUT2D eigenvalue weighted by Gasteiger charge is 2.18. The van der Waals surface area contributed by atoms with Gasteiger partial charge in [0.25, 0.3) is 5.56 Å². The van der Waals surface area contributed by atoms with Crippen LogP contribution in [-0.4, -0.2) is 17.1 Å². The van der Waals surface area contributed by atoms with Crippen molar-refractivity contribution < 1.29 is 4.74 Å². The highest BCUT2D eigenvalue weighted by molar-refractivity contribution is 5.83. The van der Waals surface area contributed by atoms with Crippen molar-refractivity contribution in [1.82, 2.24) is 4.98 Å². The number of aryl methyl sites for hydroxylation is 1. The number of nitrogens with one attached hydrogen (secondary N) is 1. The molecule has 1 aromatic carbocycles. The van der Waals surface area contributed by atoms with Crippen molar-refractivity contribution in [3.63, 3.8) is 0 Å². The zero-order chi connectivity index (χ0) is 14.8. The molecule has 2 unspecified atom stereocenters. The van der Waals surface area contributed by atoms with Crippen molar-refractivity contribution in [2.24, 2.45) is 5.73 Å². The minimum atomic E-state index is -0.0532. The van der Waals surface area contributed by atoms with Gasteiger partial charge in [-0.1, -0.05) is 0 Å². The molecule has 1 aliphatic carbocycles. The highest BCUT2D eigenvalue weighted by Crippen LogP contribution is 2.27. The van der Waals surface area contributed by atoms with E-state index in [0.717, 1.165) is 48.8 Å². The van der Waals surface area contributed by atoms with Crippen LogP contribution in [0, 0.1) is 6.92 Å². The summed E-state index contributed by atoms with van der Waals surface area (Å²) in [6, 6.07) is 6.11. The lowest BCUT2D eigenvalue weighted by Crippen LogP contribution is -2.20. The van der Waals surface area contributed by atoms with Gasteiger partial charge < -0.3 is 15.5 Å². The molecule has 1 aromatic heterocycles. The number of ether oxygens (including phenoxy) is 1. The summed E-state index contributed by atoms with van der Waals surface area (Å²) in [5.41, 5.74) is 6.97. The van der Waals surface area contributed by atoms with E-state index in [1.807, 2.05) is 25.1 Å². The Morgan fingerprint density at radius 2 is 2.10 bits per heavy atom. The van der Waals surface area contributed by atoms with Crippen LogP contribution in [-0.2, 0) is 0 Å². The molecule has 0 radical (unpaired) electrons. The van der Waals surface area contributed by atoms with E-state index in [9.17, 15) is 4.79 Å². The number of aromatic amines is 1. The van der Waals surface area contributed by atoms with Crippen LogP contribution in [0.1, 0.15) is 37.7 Å². The van der Waals surface area contributed by atoms with Crippen molar-refractivity contribution in [1.29, 1.82) is 0 Å². The molecule has 0 amide bonds. The highest BCUT2D eigenvalue weighted by atomic mass is 16.5. The fourth-order valence-electron chi connectivity index (χ4n) is 3.04. The quantitative estimate of drug-likeness (QED) is 0.834. The maximum atomic E-state index is 11.8. The van der Waals surface area contributed by atoms with Crippen LogP contribution in [0.3, 0.4) is 0 Å². The average Bonchev–Trinajstić information content (AvgIpc) is 2.66. The third kappa shape index (κ3) is 3.10. The average molecular weight is 286 g/mol. The molecule has 0 bridgehead atoms. The van der Waals surface area contributed by atoms with Gasteiger partial charge in [0, 0.05) is 17.6 Å². The van der Waals surface area contributed by atoms with E-state index >= 15 is 0 Å². The first-order chi connectivity index (χ1) is 10.1. The topological polar surface area (TPSA) is 68.1 Å². The lowest BCUT2D eigenvalue weighted by molar-refractivity contribution is 0.182. The minimum Gasteiger partial charge on any atom is -0.490 e. The van der Waals surface area contributed by atoms with Crippen molar-refractivity contribution >= 4 is 10.8 Å². The monoisotopic (exact) mass is 286 g/mol. The van der Waals surface area contributed by atoms with E-state index in [1.54, 1.807) is 6.20 Å². The van der Waals surface area contributed by atoms with Crippen molar-refractivity contribution in [3.05, 3.63) is 40.3 Å². The molecule has 3 rings (SSSR count). The summed E-state index contributed by atoms with van der Waals surface area (Å²) in [6.45, 7) is 1.99. The minimum absolute atomic E-state index is 0.0532. The van der Waals surface area contributed by atoms with Gasteiger partial charge in [-0.15, -0.1) is 0 Å². The normalized spacial score (nSPS) is 23.0. The molecule has 4 heteroatoms. The van der Waals surface area contributed by atoms with Crippen LogP contribution in [0.5, 0.6) is 5.75 Å². The zero-order valence-corrected chi connectivity index (χ0v) is 12.4. The lowest BCUT2D eigenvalue weighted by Gasteiger charge is -2.19. The molecule has 1 heterocycles. The summed E-state index contributed by atoms with van der Waals surface area (Å²) >= 11 is 0. The van der Waals surface area contributed by atoms with Gasteiger partial charge in [0.15, 0.2) is 0 Å². The molecule has 2 atom stereocenters. The second-order valence-corrected chi connectivity index (χ2v) is 6.02. The second-order valence-electron chi connectivity index (χ2n) is 6.02. The van der Waals surface area contributed by atoms with E-state index in [-0.39, 0.29) is 11.7 Å². The molecule has 0 spiro atoms. The summed E-state index contributed by atoms with van der Waals surface area (Å²) in [6.07, 6.45) is 7.21. The van der Waals surface area contributed by atoms with Crippen LogP contribution in [0.2, 0.25) is 0 Å². The van der Waals surface area contributed by atoms with Gasteiger partial charge in [-0.25, -0.2) is 0 Å². The lowest BCUT2D eigenvalue weighted by atomic mass is 10.1. The van der Waals surface area contributed by atoms with E-state index in [4.69, 9.17) is 10.5 Å². The van der Waals surface area contributed by atoms with Crippen LogP contribution in [0.25, 0.3) is 10.8 Å². The number of hydrogen-bond acceptors (Lipinski definition) is 3. The van der Waals surface area contributed by atoms with Crippen molar-refractivity contribution in [3.8, 4) is 5.75 Å². The van der Waals surface area contributed by atoms with Crippen molar-refractivity contribution in [2.75, 3.05) is 0 Å². The van der Waals surface area contributed by atoms with E-state index in [1.165, 1.54) is 0 Å². The summed E-state index contributed by atoms with van der Waals surface area (Å²) in [4.78, 5) is 14.5. The smallest absolute Gasteiger partial charge is 0.255 e. The largest absolute Gasteiger partial charge is 0.490 e. The van der Waals surface area contributed by atoms with Gasteiger partial charge in [0.1, 0.15) is 5.75 Å². The standard InChI is InChI=1S/C17H22N2O2/c1-11-9-15-12(7-8-19-17(15)20)10-16(11)21-14-4-2-3-13(18)5-6-14/h7-10,13-14H,2-6,18H2,1H3,(H,19,20). The zero-order valence-electron chi connectivity index (χ0n) is 12.4. The van der Waals surface area contributed by atoms with Crippen LogP contribution in [0.15, 0.2) is 29.2 Å². The molecule has 1 fully saturated rings. The number of pyridine rings is 1. The first-order valence-corrected chi connectivity index (χ1v) is 7.68. The van der Waals surface area contributed by atoms with Gasteiger partial charge in [0.2, 0.25) is 0 Å². The number of benzene rings is 1. The molecule has 1 aliphatic rings. The summed E-state index contributed by atoms with van der Waals surface area (Å²) in [5.74, 6) is 0.883. The number of rotatable bonds is 2. The van der Waals surface area contributed by atoms with Gasteiger partial charge >= 0.3 is 0 Å². The molecule has 4 nitrogen and oxygen atoms in total. The molecular formula is C17H22N2O2. The third-order valence-electron chi connectivity index (χ3n) is 4.32. The molecule has 2 aromatic rings. The summed E-state index contributed by atoms with van der Waals surface area (Å²) in [5, 5.41) is 1.63. The predicted molar refractivity (Wildman–Crippen MR) is 84.8 cm³/mol. The fraction of sp³-hybridized carbons (Fsp3) is 0.471. The maximum Gasteiger partial charge on any atom is 0.255 e. The number of fused-ring (bicyclic) bond motifs is 1. The second kappa shape index (κ2) is 5.90. The molecule has 0 aliphatic heterocycles. The van der Waals surface area contributed by atoms with Crippen LogP contribution in [0.4, 0.5) is 0 Å². The first kappa shape index (κ1) is 14.1. The number of aromatic nitrogens is 1. The predicted octanol–water partition coefficient (Wildman–Crippen LogP) is 2.88. The maximum absolute atomic E-state index is 11.8. The molecule has 3 N–H and O–H groups in total. The van der Waals surface area contributed by atoms with Gasteiger partial charge in [0.05, 0.1) is 6.10 Å². The van der Waals surface area contributed by atoms with Crippen LogP contribution >= 0.6 is 0 Å². The Labute approximate surface area is 124 Å². The Bertz CT molecular complexity index is 693. The van der Waals surface area contributed by atoms with Gasteiger partial charge in [-0.3, -0.25) is 4.79 Å². The third-order valence-corrected chi connectivity index (χ3v) is 4.32. The van der Waals surface area contributed by atoms with Crippen LogP contribution < -0.4 is 16.0 Å². The Balaban J connectivity index is 1.86. The summed E-state index contributed by atoms with van der Waals surface area (Å²) < 4.78 is 6.19. The number of nitrogens with two attached hydrogens (primary N) is 1. The summed E-state index contributed by atoms with van der Waals surface area (Å²) in [7, 11) is 0. The Morgan fingerprint density at radius 3 is 2.95 bits per heavy atom. The number of hydrogen-bond donors (Lipinski definition) is 2. The van der Waals surface area contributed by atoms with E-state index < -0.39 is 0 Å². The molecule has 0 saturated heterocycles. The Kier molecular flexibility index (Phi) is 3.97. The Hall–Kier alpha value is -1.81. The molecule has 1 saturated carbocycles. The SMILES string of the molecule is Cc1cc2c(=O)[nH]ccc2cc1OC1CCCC(N)CC1. The first-order valence-electron chi connectivity index (χ1n) is 7.68. The fourth-order valence-corrected chi connectivity index (χ4v) is 3.04. The molecular weight excluding hydrogens is 264 g/mol.